The number of aliphatic hydroxyl groups excluding tert-OH is 3. The Labute approximate surface area is 545 Å². The second kappa shape index (κ2) is 37.2. The van der Waals surface area contributed by atoms with Crippen LogP contribution in [0.25, 0.3) is 10.9 Å². The number of hydrogen-bond donors (Lipinski definition) is 14. The Morgan fingerprint density at radius 3 is 2.12 bits per heavy atom. The van der Waals surface area contributed by atoms with E-state index in [1.165, 1.54) is 30.7 Å². The van der Waals surface area contributed by atoms with E-state index in [2.05, 4.69) is 47.5 Å². The molecule has 13 amide bonds. The van der Waals surface area contributed by atoms with E-state index in [9.17, 15) is 77.6 Å². The molecular formula is C60H91N13O18S2. The van der Waals surface area contributed by atoms with Gasteiger partial charge >= 0.3 is 0 Å². The first-order chi connectivity index (χ1) is 44.2. The van der Waals surface area contributed by atoms with Gasteiger partial charge in [-0.15, -0.1) is 0 Å². The minimum atomic E-state index is -2.48. The maximum Gasteiger partial charge on any atom is 0.246 e. The number of carbonyl (C=O) groups excluding carboxylic acids is 13. The second-order valence-electron chi connectivity index (χ2n) is 23.4. The van der Waals surface area contributed by atoms with Gasteiger partial charge in [0.25, 0.3) is 0 Å². The summed E-state index contributed by atoms with van der Waals surface area (Å²) in [5, 5.41) is 52.5. The van der Waals surface area contributed by atoms with Crippen molar-refractivity contribution in [2.24, 2.45) is 23.3 Å². The molecule has 0 radical (unpaired) electrons. The SMILES string of the molecule is CCC(=O)N[C@H](C(=O)NCC(=O)N[C@H]1CS(=O)c2[nH]c3c(CSCCNC(=O)CCCCCNC(=O)CCCCCN4C(=O)CCC4=O)c(OC)ccc3c2C[C@@H](C(N)=O)NC(=O)[C@H]([C@@H](C)[C@@H](O)CO)NC(=O)[C@@H]2C[C@@H](O)CN2C(=O)[C@H](CC(N)=O)NC1=O)[C@@H](C)CC. The summed E-state index contributed by atoms with van der Waals surface area (Å²) in [6, 6.07) is -6.78. The van der Waals surface area contributed by atoms with Crippen LogP contribution in [0.15, 0.2) is 17.2 Å². The number of H-pyrrole nitrogens is 1. The van der Waals surface area contributed by atoms with Gasteiger partial charge in [-0.25, -0.2) is 0 Å². The number of benzene rings is 1. The maximum absolute atomic E-state index is 15.3. The number of aliphatic hydroxyl groups is 3. The van der Waals surface area contributed by atoms with E-state index in [-0.39, 0.29) is 72.2 Å². The van der Waals surface area contributed by atoms with Crippen LogP contribution in [0, 0.1) is 11.8 Å². The van der Waals surface area contributed by atoms with Crippen molar-refractivity contribution in [3.63, 3.8) is 0 Å². The zero-order chi connectivity index (χ0) is 68.6. The van der Waals surface area contributed by atoms with Crippen molar-refractivity contribution in [3.05, 3.63) is 23.3 Å². The van der Waals surface area contributed by atoms with Crippen LogP contribution in [0.2, 0.25) is 0 Å². The van der Waals surface area contributed by atoms with E-state index in [1.54, 1.807) is 32.9 Å². The summed E-state index contributed by atoms with van der Waals surface area (Å²) in [5.41, 5.74) is 12.5. The van der Waals surface area contributed by atoms with Gasteiger partial charge < -0.3 is 83.9 Å². The molecule has 0 bridgehead atoms. The highest BCUT2D eigenvalue weighted by Crippen LogP contribution is 2.36. The molecule has 93 heavy (non-hydrogen) atoms. The number of likely N-dealkylation sites (tertiary alicyclic amines) is 1. The Bertz CT molecular complexity index is 3060. The van der Waals surface area contributed by atoms with Crippen molar-refractivity contribution in [1.82, 2.24) is 57.3 Å². The highest BCUT2D eigenvalue weighted by atomic mass is 32.2. The van der Waals surface area contributed by atoms with Crippen LogP contribution in [-0.2, 0) is 85.3 Å². The van der Waals surface area contributed by atoms with Crippen LogP contribution in [0.3, 0.4) is 0 Å². The highest BCUT2D eigenvalue weighted by Gasteiger charge is 2.45. The van der Waals surface area contributed by atoms with Crippen molar-refractivity contribution in [1.29, 1.82) is 0 Å². The van der Waals surface area contributed by atoms with Crippen LogP contribution in [0.1, 0.15) is 129 Å². The zero-order valence-electron chi connectivity index (χ0n) is 53.2. The minimum absolute atomic E-state index is 0.0540. The lowest BCUT2D eigenvalue weighted by molar-refractivity contribution is -0.144. The Morgan fingerprint density at radius 2 is 1.49 bits per heavy atom. The first kappa shape index (κ1) is 76.0. The van der Waals surface area contributed by atoms with Crippen molar-refractivity contribution in [3.8, 4) is 5.75 Å². The molecule has 0 aliphatic carbocycles. The van der Waals surface area contributed by atoms with E-state index in [1.807, 2.05) is 0 Å². The number of nitrogens with two attached hydrogens (primary N) is 2. The second-order valence-corrected chi connectivity index (χ2v) is 26.0. The van der Waals surface area contributed by atoms with Crippen LogP contribution in [0.5, 0.6) is 5.75 Å². The summed E-state index contributed by atoms with van der Waals surface area (Å²) in [7, 11) is -1.07. The number of carbonyl (C=O) groups is 13. The van der Waals surface area contributed by atoms with Gasteiger partial charge in [-0.05, 0) is 49.3 Å². The number of aromatic nitrogens is 1. The molecule has 1 unspecified atom stereocenters. The number of methoxy groups -OCH3 is 1. The Hall–Kier alpha value is -7.75. The number of amides is 13. The van der Waals surface area contributed by atoms with Gasteiger partial charge in [0, 0.05) is 99.5 Å². The van der Waals surface area contributed by atoms with E-state index < -0.39 is 169 Å². The molecule has 31 nitrogen and oxygen atoms in total. The number of rotatable bonds is 32. The lowest BCUT2D eigenvalue weighted by Gasteiger charge is -2.32. The van der Waals surface area contributed by atoms with Crippen LogP contribution < -0.4 is 58.7 Å². The summed E-state index contributed by atoms with van der Waals surface area (Å²) >= 11 is 1.38. The average Bonchev–Trinajstić information content (AvgIpc) is 1.64. The van der Waals surface area contributed by atoms with Gasteiger partial charge in [0.15, 0.2) is 0 Å². The van der Waals surface area contributed by atoms with E-state index >= 15 is 4.21 Å². The third kappa shape index (κ3) is 22.2. The third-order valence-corrected chi connectivity index (χ3v) is 19.0. The number of fused-ring (bicyclic) bond motifs is 4. The maximum atomic E-state index is 15.3. The number of primary amides is 2. The van der Waals surface area contributed by atoms with Crippen molar-refractivity contribution in [2.45, 2.75) is 183 Å². The topological polar surface area (TPSA) is 479 Å². The fourth-order valence-corrected chi connectivity index (χ4v) is 13.2. The van der Waals surface area contributed by atoms with Crippen LogP contribution >= 0.6 is 11.8 Å². The summed E-state index contributed by atoms with van der Waals surface area (Å²) in [6.45, 7) is 5.22. The summed E-state index contributed by atoms with van der Waals surface area (Å²) in [6.07, 6.45) is 0.532. The van der Waals surface area contributed by atoms with Crippen LogP contribution in [0.4, 0.5) is 0 Å². The van der Waals surface area contributed by atoms with Crippen molar-refractivity contribution in [2.75, 3.05) is 57.9 Å². The average molecular weight is 1350 g/mol. The molecule has 16 N–H and O–H groups in total. The first-order valence-corrected chi connectivity index (χ1v) is 33.9. The molecular weight excluding hydrogens is 1250 g/mol. The molecule has 2 fully saturated rings. The van der Waals surface area contributed by atoms with E-state index in [0.29, 0.717) is 92.4 Å². The molecule has 1 aromatic heterocycles. The summed E-state index contributed by atoms with van der Waals surface area (Å²) < 4.78 is 21.0. The third-order valence-electron chi connectivity index (χ3n) is 16.6. The van der Waals surface area contributed by atoms with Crippen LogP contribution in [-0.4, -0.2) is 218 Å². The Morgan fingerprint density at radius 1 is 0.828 bits per heavy atom. The van der Waals surface area contributed by atoms with Gasteiger partial charge in [-0.2, -0.15) is 11.8 Å². The fraction of sp³-hybridized carbons (Fsp3) is 0.650. The highest BCUT2D eigenvalue weighted by molar-refractivity contribution is 7.98. The first-order valence-electron chi connectivity index (χ1n) is 31.4. The molecule has 5 rings (SSSR count). The normalized spacial score (nSPS) is 22.0. The van der Waals surface area contributed by atoms with E-state index in [4.69, 9.17) is 16.2 Å². The van der Waals surface area contributed by atoms with Gasteiger partial charge in [0.05, 0.1) is 61.0 Å². The predicted molar refractivity (Wildman–Crippen MR) is 339 cm³/mol. The number of nitrogens with one attached hydrogen (secondary N) is 9. The smallest absolute Gasteiger partial charge is 0.246 e. The standard InChI is InChI=1S/C60H91N13O18S2/c1-6-32(3)51(69-45(78)7-2)57(87)65-27-48(81)66-40-31-93(90)59-36(25-38(54(62)84)67-58(88)52(33(4)42(76)29-74)70-56(86)41-24-34(75)28-73(41)60(89)39(26-44(61)77)68-55(40)85)35-16-17-43(91-5)37(53(35)71-59)30-92-23-21-64-47(80)14-10-8-12-20-63-46(79)15-11-9-13-22-72-49(82)18-19-50(72)83/h16-17,32-34,38-42,51-52,71,74-76H,6-15,18-31H2,1-5H3,(H2,61,77)(H2,62,84)(H,63,79)(H,64,80)(H,65,87)(H,66,81)(H,67,88)(H,68,85)(H,69,78)(H,70,86)/t32-,33-,34+,38-,39-,40-,41-,42-,51-,52-,93?/m0/s1. The largest absolute Gasteiger partial charge is 0.496 e. The van der Waals surface area contributed by atoms with E-state index in [0.717, 1.165) is 4.90 Å². The Kier molecular flexibility index (Phi) is 30.4. The molecule has 11 atom stereocenters. The Balaban J connectivity index is 1.41. The molecule has 33 heteroatoms. The number of aromatic amines is 1. The lowest BCUT2D eigenvalue weighted by Crippen LogP contribution is -2.61. The monoisotopic (exact) mass is 1350 g/mol. The number of hydrogen-bond acceptors (Lipinski definition) is 19. The summed E-state index contributed by atoms with van der Waals surface area (Å²) in [4.78, 5) is 178. The predicted octanol–water partition coefficient (Wildman–Crippen LogP) is -3.12. The molecule has 3 aliphatic rings. The number of unbranched alkanes of at least 4 members (excludes halogenated alkanes) is 4. The lowest BCUT2D eigenvalue weighted by atomic mass is 9.93. The van der Waals surface area contributed by atoms with Gasteiger partial charge in [0.1, 0.15) is 47.0 Å². The number of imide groups is 1. The molecule has 2 aromatic rings. The quantitative estimate of drug-likeness (QED) is 0.0255. The molecule has 0 spiro atoms. The van der Waals surface area contributed by atoms with Crippen molar-refractivity contribution >= 4 is 110 Å². The number of nitrogens with zero attached hydrogens (tertiary/aromatic N) is 2. The molecule has 0 saturated carbocycles. The van der Waals surface area contributed by atoms with Crippen molar-refractivity contribution < 1.29 is 86.6 Å². The minimum Gasteiger partial charge on any atom is -0.496 e. The molecule has 4 heterocycles. The van der Waals surface area contributed by atoms with Gasteiger partial charge in [-0.1, -0.05) is 47.0 Å². The molecule has 2 saturated heterocycles. The molecule has 516 valence electrons. The number of ether oxygens (including phenoxy) is 1. The molecule has 3 aliphatic heterocycles. The molecule has 1 aromatic carbocycles. The fourth-order valence-electron chi connectivity index (χ4n) is 11.0. The number of thioether (sulfide) groups is 1. The van der Waals surface area contributed by atoms with Gasteiger partial charge in [0.2, 0.25) is 76.8 Å². The summed E-state index contributed by atoms with van der Waals surface area (Å²) in [5.74, 6) is -11.2. The zero-order valence-corrected chi connectivity index (χ0v) is 54.9. The van der Waals surface area contributed by atoms with Gasteiger partial charge in [-0.3, -0.25) is 71.4 Å².